The lowest BCUT2D eigenvalue weighted by molar-refractivity contribution is -0.117. The largest absolute Gasteiger partial charge is 0.361 e. The summed E-state index contributed by atoms with van der Waals surface area (Å²) in [7, 11) is 1.93. The van der Waals surface area contributed by atoms with Gasteiger partial charge in [-0.1, -0.05) is 24.3 Å². The third kappa shape index (κ3) is 2.99. The Bertz CT molecular complexity index is 712. The topological polar surface area (TPSA) is 48.1 Å². The molecular weight excluding hydrogens is 262 g/mol. The van der Waals surface area contributed by atoms with Gasteiger partial charge in [0, 0.05) is 42.5 Å². The van der Waals surface area contributed by atoms with Crippen molar-refractivity contribution in [3.05, 3.63) is 60.1 Å². The monoisotopic (exact) mass is 281 g/mol. The fraction of sp³-hybridized carbons (Fsp3) is 0.235. The molecule has 0 spiro atoms. The molecule has 0 saturated heterocycles. The lowest BCUT2D eigenvalue weighted by atomic mass is 10.1. The second kappa shape index (κ2) is 5.87. The first kappa shape index (κ1) is 13.5. The van der Waals surface area contributed by atoms with E-state index < -0.39 is 0 Å². The molecule has 0 bridgehead atoms. The van der Waals surface area contributed by atoms with Crippen LogP contribution in [0, 0.1) is 0 Å². The van der Waals surface area contributed by atoms with Gasteiger partial charge in [-0.05, 0) is 30.7 Å². The summed E-state index contributed by atoms with van der Waals surface area (Å²) in [5.41, 5.74) is 3.18. The molecule has 4 heteroatoms. The minimum atomic E-state index is 0.0195. The first-order chi connectivity index (χ1) is 10.2. The van der Waals surface area contributed by atoms with Gasteiger partial charge in [0.05, 0.1) is 0 Å². The highest BCUT2D eigenvalue weighted by Gasteiger charge is 2.11. The van der Waals surface area contributed by atoms with Crippen LogP contribution in [0.5, 0.6) is 0 Å². The summed E-state index contributed by atoms with van der Waals surface area (Å²) in [6.07, 6.45) is 9.38. The summed E-state index contributed by atoms with van der Waals surface area (Å²) >= 11 is 0. The quantitative estimate of drug-likeness (QED) is 0.905. The smallest absolute Gasteiger partial charge is 0.249 e. The van der Waals surface area contributed by atoms with Gasteiger partial charge in [0.2, 0.25) is 5.91 Å². The molecule has 1 aromatic carbocycles. The van der Waals surface area contributed by atoms with Crippen molar-refractivity contribution in [3.8, 4) is 0 Å². The molecule has 0 fully saturated rings. The van der Waals surface area contributed by atoms with Crippen LogP contribution in [0.1, 0.15) is 12.0 Å². The number of hydrogen-bond acceptors (Lipinski definition) is 2. The molecule has 2 heterocycles. The molecule has 0 unspecified atom stereocenters. The first-order valence-electron chi connectivity index (χ1n) is 7.16. The number of benzene rings is 1. The number of carbonyl (C=O) groups is 1. The van der Waals surface area contributed by atoms with Crippen molar-refractivity contribution in [3.63, 3.8) is 0 Å². The number of hydrogen-bond donors (Lipinski definition) is 2. The van der Waals surface area contributed by atoms with Crippen molar-refractivity contribution >= 4 is 16.8 Å². The SMILES string of the molecule is CN1C=CCC(C(=O)NCCc2c[nH]c3ccccc23)=C1. The van der Waals surface area contributed by atoms with Gasteiger partial charge in [0.1, 0.15) is 0 Å². The number of amides is 1. The van der Waals surface area contributed by atoms with E-state index in [1.807, 2.05) is 48.8 Å². The van der Waals surface area contributed by atoms with Crippen LogP contribution >= 0.6 is 0 Å². The van der Waals surface area contributed by atoms with Gasteiger partial charge < -0.3 is 15.2 Å². The van der Waals surface area contributed by atoms with Crippen molar-refractivity contribution in [2.24, 2.45) is 0 Å². The Labute approximate surface area is 124 Å². The predicted octanol–water partition coefficient (Wildman–Crippen LogP) is 2.56. The maximum Gasteiger partial charge on any atom is 0.249 e. The van der Waals surface area contributed by atoms with Crippen molar-refractivity contribution in [2.75, 3.05) is 13.6 Å². The Morgan fingerprint density at radius 2 is 2.24 bits per heavy atom. The number of rotatable bonds is 4. The van der Waals surface area contributed by atoms with Gasteiger partial charge in [-0.3, -0.25) is 4.79 Å². The Hall–Kier alpha value is -2.49. The number of para-hydroxylation sites is 1. The highest BCUT2D eigenvalue weighted by Crippen LogP contribution is 2.17. The fourth-order valence-electron chi connectivity index (χ4n) is 2.60. The van der Waals surface area contributed by atoms with E-state index in [1.54, 1.807) is 0 Å². The Morgan fingerprint density at radius 1 is 1.38 bits per heavy atom. The van der Waals surface area contributed by atoms with Crippen molar-refractivity contribution < 1.29 is 4.79 Å². The Morgan fingerprint density at radius 3 is 3.10 bits per heavy atom. The molecule has 108 valence electrons. The van der Waals surface area contributed by atoms with Gasteiger partial charge >= 0.3 is 0 Å². The molecular formula is C17H19N3O. The van der Waals surface area contributed by atoms with E-state index in [2.05, 4.69) is 22.4 Å². The van der Waals surface area contributed by atoms with Crippen LogP contribution in [-0.2, 0) is 11.2 Å². The third-order valence-electron chi connectivity index (χ3n) is 3.68. The van der Waals surface area contributed by atoms with Gasteiger partial charge in [0.15, 0.2) is 0 Å². The summed E-state index contributed by atoms with van der Waals surface area (Å²) < 4.78 is 0. The normalized spacial score (nSPS) is 14.3. The molecule has 0 aliphatic carbocycles. The molecule has 21 heavy (non-hydrogen) atoms. The van der Waals surface area contributed by atoms with Gasteiger partial charge in [-0.25, -0.2) is 0 Å². The number of nitrogens with zero attached hydrogens (tertiary/aromatic N) is 1. The van der Waals surface area contributed by atoms with Crippen molar-refractivity contribution in [1.29, 1.82) is 0 Å². The molecule has 1 amide bonds. The van der Waals surface area contributed by atoms with E-state index in [9.17, 15) is 4.79 Å². The van der Waals surface area contributed by atoms with Crippen molar-refractivity contribution in [1.82, 2.24) is 15.2 Å². The van der Waals surface area contributed by atoms with E-state index >= 15 is 0 Å². The molecule has 1 aliphatic heterocycles. The number of nitrogens with one attached hydrogen (secondary N) is 2. The molecule has 1 aromatic heterocycles. The third-order valence-corrected chi connectivity index (χ3v) is 3.68. The maximum atomic E-state index is 12.1. The number of aromatic amines is 1. The fourth-order valence-corrected chi connectivity index (χ4v) is 2.60. The summed E-state index contributed by atoms with van der Waals surface area (Å²) in [6, 6.07) is 8.22. The summed E-state index contributed by atoms with van der Waals surface area (Å²) in [4.78, 5) is 17.2. The van der Waals surface area contributed by atoms with Crippen LogP contribution in [0.15, 0.2) is 54.5 Å². The second-order valence-corrected chi connectivity index (χ2v) is 5.27. The highest BCUT2D eigenvalue weighted by molar-refractivity contribution is 5.93. The van der Waals surface area contributed by atoms with Crippen LogP contribution in [0.3, 0.4) is 0 Å². The highest BCUT2D eigenvalue weighted by atomic mass is 16.1. The summed E-state index contributed by atoms with van der Waals surface area (Å²) in [5, 5.41) is 4.22. The lowest BCUT2D eigenvalue weighted by Gasteiger charge is -2.16. The minimum Gasteiger partial charge on any atom is -0.361 e. The molecule has 0 radical (unpaired) electrons. The molecule has 2 aromatic rings. The Balaban J connectivity index is 1.58. The molecule has 4 nitrogen and oxygen atoms in total. The zero-order chi connectivity index (χ0) is 14.7. The van der Waals surface area contributed by atoms with E-state index in [4.69, 9.17) is 0 Å². The summed E-state index contributed by atoms with van der Waals surface area (Å²) in [6.45, 7) is 0.644. The zero-order valence-corrected chi connectivity index (χ0v) is 12.1. The number of carbonyl (C=O) groups excluding carboxylic acids is 1. The standard InChI is InChI=1S/C17H19N3O/c1-20-10-4-5-14(12-20)17(21)18-9-8-13-11-19-16-7-3-2-6-15(13)16/h2-4,6-7,10-12,19H,5,8-9H2,1H3,(H,18,21). The van der Waals surface area contributed by atoms with Crippen LogP contribution in [-0.4, -0.2) is 29.4 Å². The number of H-pyrrole nitrogens is 1. The van der Waals surface area contributed by atoms with Crippen LogP contribution in [0.25, 0.3) is 10.9 Å². The second-order valence-electron chi connectivity index (χ2n) is 5.27. The number of aromatic nitrogens is 1. The predicted molar refractivity (Wildman–Crippen MR) is 84.6 cm³/mol. The van der Waals surface area contributed by atoms with Gasteiger partial charge in [-0.2, -0.15) is 0 Å². The number of allylic oxidation sites excluding steroid dienone is 1. The molecule has 3 rings (SSSR count). The van der Waals surface area contributed by atoms with Crippen LogP contribution in [0.2, 0.25) is 0 Å². The van der Waals surface area contributed by atoms with Gasteiger partial charge in [0.25, 0.3) is 0 Å². The van der Waals surface area contributed by atoms with Gasteiger partial charge in [-0.15, -0.1) is 0 Å². The summed E-state index contributed by atoms with van der Waals surface area (Å²) in [5.74, 6) is 0.0195. The van der Waals surface area contributed by atoms with E-state index in [-0.39, 0.29) is 5.91 Å². The van der Waals surface area contributed by atoms with Crippen LogP contribution in [0.4, 0.5) is 0 Å². The average Bonchev–Trinajstić information content (AvgIpc) is 2.91. The Kier molecular flexibility index (Phi) is 3.77. The first-order valence-corrected chi connectivity index (χ1v) is 7.16. The van der Waals surface area contributed by atoms with Crippen molar-refractivity contribution in [2.45, 2.75) is 12.8 Å². The van der Waals surface area contributed by atoms with E-state index in [0.717, 1.165) is 17.5 Å². The lowest BCUT2D eigenvalue weighted by Crippen LogP contribution is -2.28. The molecule has 2 N–H and O–H groups in total. The molecule has 0 saturated carbocycles. The van der Waals surface area contributed by atoms with Crippen LogP contribution < -0.4 is 5.32 Å². The molecule has 1 aliphatic rings. The number of fused-ring (bicyclic) bond motifs is 1. The maximum absolute atomic E-state index is 12.1. The zero-order valence-electron chi connectivity index (χ0n) is 12.1. The minimum absolute atomic E-state index is 0.0195. The van der Waals surface area contributed by atoms with E-state index in [1.165, 1.54) is 10.9 Å². The van der Waals surface area contributed by atoms with E-state index in [0.29, 0.717) is 13.0 Å². The molecule has 0 atom stereocenters. The average molecular weight is 281 g/mol.